The summed E-state index contributed by atoms with van der Waals surface area (Å²) >= 11 is 2.70. The van der Waals surface area contributed by atoms with Gasteiger partial charge in [-0.25, -0.2) is 8.42 Å². The van der Waals surface area contributed by atoms with Crippen molar-refractivity contribution in [3.05, 3.63) is 5.51 Å². The summed E-state index contributed by atoms with van der Waals surface area (Å²) in [4.78, 5) is 11.9. The Labute approximate surface area is 113 Å². The summed E-state index contributed by atoms with van der Waals surface area (Å²) in [5.41, 5.74) is 1.61. The lowest BCUT2D eigenvalue weighted by atomic mass is 10.2. The van der Waals surface area contributed by atoms with Crippen molar-refractivity contribution in [1.29, 1.82) is 0 Å². The molecule has 0 aromatic carbocycles. The molecule has 1 aliphatic heterocycles. The first kappa shape index (κ1) is 13.8. The van der Waals surface area contributed by atoms with E-state index in [0.717, 1.165) is 4.34 Å². The summed E-state index contributed by atoms with van der Waals surface area (Å²) in [7, 11) is -2.96. The maximum Gasteiger partial charge on any atom is 0.233 e. The lowest BCUT2D eigenvalue weighted by Crippen LogP contribution is -2.39. The Morgan fingerprint density at radius 1 is 1.67 bits per heavy atom. The topological polar surface area (TPSA) is 89.0 Å². The Morgan fingerprint density at radius 2 is 2.44 bits per heavy atom. The fourth-order valence-electron chi connectivity index (χ4n) is 1.65. The zero-order chi connectivity index (χ0) is 13.2. The average Bonchev–Trinajstić information content (AvgIpc) is 2.88. The number of amides is 1. The summed E-state index contributed by atoms with van der Waals surface area (Å²) < 4.78 is 23.3. The van der Waals surface area contributed by atoms with Gasteiger partial charge in [-0.3, -0.25) is 4.79 Å². The van der Waals surface area contributed by atoms with Crippen LogP contribution in [0.2, 0.25) is 0 Å². The minimum Gasteiger partial charge on any atom is -0.351 e. The summed E-state index contributed by atoms with van der Waals surface area (Å²) in [5.74, 6) is 0.0578. The first-order chi connectivity index (χ1) is 8.46. The molecule has 6 nitrogen and oxygen atoms in total. The van der Waals surface area contributed by atoms with Crippen LogP contribution in [0.4, 0.5) is 0 Å². The lowest BCUT2D eigenvalue weighted by Gasteiger charge is -2.14. The maximum absolute atomic E-state index is 11.9. The summed E-state index contributed by atoms with van der Waals surface area (Å²) in [6.07, 6.45) is 0.504. The van der Waals surface area contributed by atoms with E-state index in [0.29, 0.717) is 6.42 Å². The van der Waals surface area contributed by atoms with Crippen LogP contribution >= 0.6 is 23.1 Å². The van der Waals surface area contributed by atoms with Gasteiger partial charge in [0.25, 0.3) is 0 Å². The number of thioether (sulfide) groups is 1. The second-order valence-electron chi connectivity index (χ2n) is 4.07. The van der Waals surface area contributed by atoms with Crippen molar-refractivity contribution in [2.75, 3.05) is 11.5 Å². The van der Waals surface area contributed by atoms with Crippen LogP contribution in [0.25, 0.3) is 0 Å². The van der Waals surface area contributed by atoms with E-state index in [4.69, 9.17) is 0 Å². The molecule has 2 atom stereocenters. The Morgan fingerprint density at radius 3 is 3.00 bits per heavy atom. The van der Waals surface area contributed by atoms with E-state index in [1.165, 1.54) is 23.1 Å². The third-order valence-corrected chi connectivity index (χ3v) is 6.24. The molecule has 0 unspecified atom stereocenters. The fraction of sp³-hybridized carbons (Fsp3) is 0.667. The number of rotatable bonds is 4. The number of carbonyl (C=O) groups is 1. The molecule has 1 saturated heterocycles. The van der Waals surface area contributed by atoms with Gasteiger partial charge in [0.15, 0.2) is 14.2 Å². The zero-order valence-corrected chi connectivity index (χ0v) is 12.1. The van der Waals surface area contributed by atoms with E-state index in [9.17, 15) is 13.2 Å². The first-order valence-corrected chi connectivity index (χ1v) is 8.98. The Bertz CT molecular complexity index is 514. The molecular formula is C9H13N3O3S3. The summed E-state index contributed by atoms with van der Waals surface area (Å²) in [6.45, 7) is 1.77. The number of hydrogen-bond acceptors (Lipinski definition) is 7. The zero-order valence-electron chi connectivity index (χ0n) is 9.70. The van der Waals surface area contributed by atoms with E-state index in [-0.39, 0.29) is 28.7 Å². The predicted molar refractivity (Wildman–Crippen MR) is 70.4 cm³/mol. The smallest absolute Gasteiger partial charge is 0.233 e. The molecule has 0 radical (unpaired) electrons. The van der Waals surface area contributed by atoms with Gasteiger partial charge in [-0.05, 0) is 13.3 Å². The molecule has 0 aliphatic carbocycles. The highest BCUT2D eigenvalue weighted by Gasteiger charge is 2.30. The van der Waals surface area contributed by atoms with Gasteiger partial charge in [0.1, 0.15) is 5.51 Å². The molecule has 1 fully saturated rings. The minimum atomic E-state index is -2.96. The van der Waals surface area contributed by atoms with Crippen molar-refractivity contribution >= 4 is 38.8 Å². The van der Waals surface area contributed by atoms with E-state index in [1.54, 1.807) is 12.4 Å². The minimum absolute atomic E-state index is 0.0505. The molecule has 2 rings (SSSR count). The standard InChI is InChI=1S/C9H13N3O3S3/c1-6(17-9-12-10-5-16-9)8(13)11-7-2-3-18(14,15)4-7/h5-7H,2-4H2,1H3,(H,11,13)/t6-,7-/m1/s1. The number of aromatic nitrogens is 2. The molecule has 1 amide bonds. The van der Waals surface area contributed by atoms with Gasteiger partial charge >= 0.3 is 0 Å². The van der Waals surface area contributed by atoms with Crippen LogP contribution in [-0.2, 0) is 14.6 Å². The molecule has 1 aromatic rings. The van der Waals surface area contributed by atoms with Gasteiger partial charge in [-0.1, -0.05) is 23.1 Å². The third-order valence-electron chi connectivity index (χ3n) is 2.57. The molecule has 1 aromatic heterocycles. The van der Waals surface area contributed by atoms with E-state index in [1.807, 2.05) is 0 Å². The monoisotopic (exact) mass is 307 g/mol. The second-order valence-corrected chi connectivity index (χ2v) is 8.72. The van der Waals surface area contributed by atoms with Gasteiger partial charge in [0.05, 0.1) is 16.8 Å². The van der Waals surface area contributed by atoms with Crippen molar-refractivity contribution in [1.82, 2.24) is 15.5 Å². The molecule has 9 heteroatoms. The summed E-state index contributed by atoms with van der Waals surface area (Å²) in [6, 6.07) is -0.250. The van der Waals surface area contributed by atoms with Gasteiger partial charge in [-0.15, -0.1) is 10.2 Å². The number of sulfone groups is 1. The highest BCUT2D eigenvalue weighted by molar-refractivity contribution is 8.02. The molecule has 18 heavy (non-hydrogen) atoms. The molecule has 0 spiro atoms. The van der Waals surface area contributed by atoms with E-state index in [2.05, 4.69) is 15.5 Å². The molecule has 1 aliphatic rings. The molecule has 0 bridgehead atoms. The van der Waals surface area contributed by atoms with Crippen LogP contribution < -0.4 is 5.32 Å². The number of carbonyl (C=O) groups excluding carboxylic acids is 1. The van der Waals surface area contributed by atoms with Crippen molar-refractivity contribution in [2.24, 2.45) is 0 Å². The van der Waals surface area contributed by atoms with Crippen molar-refractivity contribution in [3.8, 4) is 0 Å². The van der Waals surface area contributed by atoms with Crippen LogP contribution in [0.15, 0.2) is 9.85 Å². The highest BCUT2D eigenvalue weighted by Crippen LogP contribution is 2.24. The first-order valence-electron chi connectivity index (χ1n) is 5.40. The van der Waals surface area contributed by atoms with Crippen molar-refractivity contribution < 1.29 is 13.2 Å². The van der Waals surface area contributed by atoms with Gasteiger partial charge in [-0.2, -0.15) is 0 Å². The van der Waals surface area contributed by atoms with Crippen LogP contribution in [0, 0.1) is 0 Å². The van der Waals surface area contributed by atoms with Gasteiger partial charge in [0.2, 0.25) is 5.91 Å². The largest absolute Gasteiger partial charge is 0.351 e. The Kier molecular flexibility index (Phi) is 4.23. The molecule has 100 valence electrons. The molecule has 1 N–H and O–H groups in total. The SMILES string of the molecule is C[C@@H](Sc1nncs1)C(=O)N[C@@H]1CCS(=O)(=O)C1. The van der Waals surface area contributed by atoms with Crippen molar-refractivity contribution in [2.45, 2.75) is 29.0 Å². The van der Waals surface area contributed by atoms with Crippen molar-refractivity contribution in [3.63, 3.8) is 0 Å². The summed E-state index contributed by atoms with van der Waals surface area (Å²) in [5, 5.41) is 10.0. The molecular weight excluding hydrogens is 294 g/mol. The normalized spacial score (nSPS) is 23.7. The highest BCUT2D eigenvalue weighted by atomic mass is 32.2. The van der Waals surface area contributed by atoms with Gasteiger partial charge in [0, 0.05) is 6.04 Å². The van der Waals surface area contributed by atoms with E-state index < -0.39 is 9.84 Å². The predicted octanol–water partition coefficient (Wildman–Crippen LogP) is 0.322. The maximum atomic E-state index is 11.9. The van der Waals surface area contributed by atoms with Crippen LogP contribution in [-0.4, -0.2) is 47.3 Å². The lowest BCUT2D eigenvalue weighted by molar-refractivity contribution is -0.120. The molecule has 2 heterocycles. The number of nitrogens with one attached hydrogen (secondary N) is 1. The Hall–Kier alpha value is -0.670. The second kappa shape index (κ2) is 5.54. The van der Waals surface area contributed by atoms with E-state index >= 15 is 0 Å². The van der Waals surface area contributed by atoms with Gasteiger partial charge < -0.3 is 5.32 Å². The average molecular weight is 307 g/mol. The number of hydrogen-bond donors (Lipinski definition) is 1. The fourth-order valence-corrected chi connectivity index (χ4v) is 4.95. The van der Waals surface area contributed by atoms with Crippen LogP contribution in [0.1, 0.15) is 13.3 Å². The number of nitrogens with zero attached hydrogens (tertiary/aromatic N) is 2. The Balaban J connectivity index is 1.85. The third kappa shape index (κ3) is 3.66. The van der Waals surface area contributed by atoms with Crippen LogP contribution in [0.3, 0.4) is 0 Å². The molecule has 0 saturated carbocycles. The quantitative estimate of drug-likeness (QED) is 0.806. The van der Waals surface area contributed by atoms with Crippen LogP contribution in [0.5, 0.6) is 0 Å².